The molecule has 14 heavy (non-hydrogen) atoms. The molecular weight excluding hydrogens is 176 g/mol. The van der Waals surface area contributed by atoms with Crippen molar-refractivity contribution in [2.24, 2.45) is 11.7 Å². The van der Waals surface area contributed by atoms with Crippen LogP contribution in [0.3, 0.4) is 0 Å². The Morgan fingerprint density at radius 3 is 3.00 bits per heavy atom. The molecule has 82 valence electrons. The monoisotopic (exact) mass is 198 g/mol. The first-order valence-corrected chi connectivity index (χ1v) is 5.69. The van der Waals surface area contributed by atoms with E-state index in [1.165, 1.54) is 0 Å². The summed E-state index contributed by atoms with van der Waals surface area (Å²) in [7, 11) is 0. The van der Waals surface area contributed by atoms with E-state index in [1.54, 1.807) is 0 Å². The summed E-state index contributed by atoms with van der Waals surface area (Å²) in [6.07, 6.45) is 4.28. The van der Waals surface area contributed by atoms with Gasteiger partial charge < -0.3 is 10.6 Å². The summed E-state index contributed by atoms with van der Waals surface area (Å²) in [5.41, 5.74) is 5.93. The zero-order chi connectivity index (χ0) is 10.6. The van der Waals surface area contributed by atoms with E-state index in [4.69, 9.17) is 5.73 Å². The quantitative estimate of drug-likeness (QED) is 0.741. The Kier molecular flexibility index (Phi) is 4.39. The fourth-order valence-electron chi connectivity index (χ4n) is 2.06. The van der Waals surface area contributed by atoms with Gasteiger partial charge in [-0.3, -0.25) is 4.79 Å². The van der Waals surface area contributed by atoms with Gasteiger partial charge in [0.2, 0.25) is 5.91 Å². The Balaban J connectivity index is 2.39. The molecule has 1 saturated heterocycles. The van der Waals surface area contributed by atoms with E-state index in [1.807, 2.05) is 11.8 Å². The summed E-state index contributed by atoms with van der Waals surface area (Å²) in [4.78, 5) is 13.7. The number of nitrogens with two attached hydrogens (primary N) is 1. The molecule has 1 heterocycles. The number of likely N-dealkylation sites (tertiary alicyclic amines) is 1. The first-order valence-electron chi connectivity index (χ1n) is 5.69. The summed E-state index contributed by atoms with van der Waals surface area (Å²) < 4.78 is 0. The number of piperidine rings is 1. The topological polar surface area (TPSA) is 46.3 Å². The lowest BCUT2D eigenvalue weighted by atomic mass is 9.98. The fourth-order valence-corrected chi connectivity index (χ4v) is 2.06. The molecule has 3 nitrogen and oxygen atoms in total. The molecule has 0 aromatic heterocycles. The Morgan fingerprint density at radius 1 is 1.64 bits per heavy atom. The largest absolute Gasteiger partial charge is 0.341 e. The molecular formula is C11H22N2O. The van der Waals surface area contributed by atoms with Crippen molar-refractivity contribution in [3.8, 4) is 0 Å². The van der Waals surface area contributed by atoms with Gasteiger partial charge >= 0.3 is 0 Å². The van der Waals surface area contributed by atoms with Gasteiger partial charge in [-0.05, 0) is 19.3 Å². The first-order chi connectivity index (χ1) is 6.65. The molecule has 0 bridgehead atoms. The molecule has 2 N–H and O–H groups in total. The SMILES string of the molecule is CCCC(N)CN1CCCC(C)C1=O. The van der Waals surface area contributed by atoms with E-state index in [2.05, 4.69) is 6.92 Å². The molecule has 1 aliphatic heterocycles. The Labute approximate surface area is 86.6 Å². The molecule has 1 amide bonds. The third kappa shape index (κ3) is 2.98. The molecule has 1 fully saturated rings. The van der Waals surface area contributed by atoms with Gasteiger partial charge in [0.1, 0.15) is 0 Å². The van der Waals surface area contributed by atoms with Crippen molar-refractivity contribution in [3.63, 3.8) is 0 Å². The van der Waals surface area contributed by atoms with Gasteiger partial charge in [-0.2, -0.15) is 0 Å². The first kappa shape index (κ1) is 11.5. The van der Waals surface area contributed by atoms with Crippen molar-refractivity contribution in [2.75, 3.05) is 13.1 Å². The zero-order valence-electron chi connectivity index (χ0n) is 9.33. The molecule has 3 heteroatoms. The summed E-state index contributed by atoms with van der Waals surface area (Å²) in [5, 5.41) is 0. The van der Waals surface area contributed by atoms with Crippen molar-refractivity contribution < 1.29 is 4.79 Å². The maximum Gasteiger partial charge on any atom is 0.225 e. The Morgan fingerprint density at radius 2 is 2.36 bits per heavy atom. The van der Waals surface area contributed by atoms with Gasteiger partial charge in [0.15, 0.2) is 0 Å². The number of nitrogens with zero attached hydrogens (tertiary/aromatic N) is 1. The average Bonchev–Trinajstić information content (AvgIpc) is 2.13. The second-order valence-corrected chi connectivity index (χ2v) is 4.38. The third-order valence-electron chi connectivity index (χ3n) is 2.91. The minimum Gasteiger partial charge on any atom is -0.341 e. The van der Waals surface area contributed by atoms with Crippen LogP contribution >= 0.6 is 0 Å². The van der Waals surface area contributed by atoms with Crippen LogP contribution in [-0.2, 0) is 4.79 Å². The van der Waals surface area contributed by atoms with Gasteiger partial charge in [0.05, 0.1) is 0 Å². The highest BCUT2D eigenvalue weighted by atomic mass is 16.2. The van der Waals surface area contributed by atoms with Gasteiger partial charge in [-0.25, -0.2) is 0 Å². The number of carbonyl (C=O) groups is 1. The standard InChI is InChI=1S/C11H22N2O/c1-3-5-10(12)8-13-7-4-6-9(2)11(13)14/h9-10H,3-8,12H2,1-2H3. The highest BCUT2D eigenvalue weighted by Gasteiger charge is 2.25. The summed E-state index contributed by atoms with van der Waals surface area (Å²) in [6.45, 7) is 5.79. The molecule has 1 aliphatic rings. The molecule has 0 aromatic carbocycles. The fraction of sp³-hybridized carbons (Fsp3) is 0.909. The van der Waals surface area contributed by atoms with Crippen molar-refractivity contribution in [3.05, 3.63) is 0 Å². The minimum atomic E-state index is 0.161. The number of amides is 1. The smallest absolute Gasteiger partial charge is 0.225 e. The van der Waals surface area contributed by atoms with Gasteiger partial charge in [0.25, 0.3) is 0 Å². The number of hydrogen-bond acceptors (Lipinski definition) is 2. The molecule has 2 unspecified atom stereocenters. The van der Waals surface area contributed by atoms with Crippen molar-refractivity contribution in [1.29, 1.82) is 0 Å². The van der Waals surface area contributed by atoms with Crippen molar-refractivity contribution in [2.45, 2.75) is 45.6 Å². The summed E-state index contributed by atoms with van der Waals surface area (Å²) >= 11 is 0. The highest BCUT2D eigenvalue weighted by molar-refractivity contribution is 5.79. The molecule has 0 saturated carbocycles. The molecule has 0 spiro atoms. The van der Waals surface area contributed by atoms with E-state index < -0.39 is 0 Å². The maximum atomic E-state index is 11.7. The van der Waals surface area contributed by atoms with Crippen LogP contribution in [-0.4, -0.2) is 29.9 Å². The number of carbonyl (C=O) groups excluding carboxylic acids is 1. The van der Waals surface area contributed by atoms with E-state index >= 15 is 0 Å². The predicted molar refractivity (Wildman–Crippen MR) is 57.9 cm³/mol. The third-order valence-corrected chi connectivity index (χ3v) is 2.91. The van der Waals surface area contributed by atoms with Crippen LogP contribution in [0.4, 0.5) is 0 Å². The lowest BCUT2D eigenvalue weighted by Gasteiger charge is -2.32. The van der Waals surface area contributed by atoms with Gasteiger partial charge in [-0.1, -0.05) is 20.3 Å². The van der Waals surface area contributed by atoms with Crippen molar-refractivity contribution >= 4 is 5.91 Å². The lowest BCUT2D eigenvalue weighted by Crippen LogP contribution is -2.46. The predicted octanol–water partition coefficient (Wildman–Crippen LogP) is 1.37. The van der Waals surface area contributed by atoms with Crippen LogP contribution in [0.15, 0.2) is 0 Å². The Hall–Kier alpha value is -0.570. The molecule has 0 aliphatic carbocycles. The van der Waals surface area contributed by atoms with E-state index in [0.29, 0.717) is 5.91 Å². The second-order valence-electron chi connectivity index (χ2n) is 4.38. The minimum absolute atomic E-state index is 0.161. The van der Waals surface area contributed by atoms with Crippen LogP contribution in [0.25, 0.3) is 0 Å². The summed E-state index contributed by atoms with van der Waals surface area (Å²) in [5.74, 6) is 0.500. The number of hydrogen-bond donors (Lipinski definition) is 1. The van der Waals surface area contributed by atoms with E-state index in [0.717, 1.165) is 38.8 Å². The lowest BCUT2D eigenvalue weighted by molar-refractivity contribution is -0.138. The average molecular weight is 198 g/mol. The normalized spacial score (nSPS) is 25.2. The van der Waals surface area contributed by atoms with Crippen LogP contribution in [0.5, 0.6) is 0 Å². The second kappa shape index (κ2) is 5.35. The maximum absolute atomic E-state index is 11.7. The molecule has 0 radical (unpaired) electrons. The molecule has 2 atom stereocenters. The number of rotatable bonds is 4. The van der Waals surface area contributed by atoms with Crippen LogP contribution in [0.2, 0.25) is 0 Å². The van der Waals surface area contributed by atoms with Crippen LogP contribution < -0.4 is 5.73 Å². The summed E-state index contributed by atoms with van der Waals surface area (Å²) in [6, 6.07) is 0.161. The van der Waals surface area contributed by atoms with E-state index in [-0.39, 0.29) is 12.0 Å². The highest BCUT2D eigenvalue weighted by Crippen LogP contribution is 2.17. The Bertz CT molecular complexity index is 194. The van der Waals surface area contributed by atoms with Gasteiger partial charge in [0, 0.05) is 25.0 Å². The van der Waals surface area contributed by atoms with Crippen LogP contribution in [0, 0.1) is 5.92 Å². The van der Waals surface area contributed by atoms with Crippen molar-refractivity contribution in [1.82, 2.24) is 4.90 Å². The van der Waals surface area contributed by atoms with E-state index in [9.17, 15) is 4.79 Å². The van der Waals surface area contributed by atoms with Gasteiger partial charge in [-0.15, -0.1) is 0 Å². The molecule has 1 rings (SSSR count). The van der Waals surface area contributed by atoms with Crippen LogP contribution in [0.1, 0.15) is 39.5 Å². The zero-order valence-corrected chi connectivity index (χ0v) is 9.33. The molecule has 0 aromatic rings.